The van der Waals surface area contributed by atoms with Gasteiger partial charge < -0.3 is 10.1 Å². The first kappa shape index (κ1) is 13.3. The first-order valence-corrected chi connectivity index (χ1v) is 6.17. The average Bonchev–Trinajstić information content (AvgIpc) is 2.16. The van der Waals surface area contributed by atoms with Crippen molar-refractivity contribution in [2.45, 2.75) is 64.5 Å². The molecule has 0 aromatic heterocycles. The van der Waals surface area contributed by atoms with Crippen molar-refractivity contribution in [2.75, 3.05) is 6.67 Å². The highest BCUT2D eigenvalue weighted by Crippen LogP contribution is 2.16. The summed E-state index contributed by atoms with van der Waals surface area (Å²) in [6.07, 6.45) is 6.02. The van der Waals surface area contributed by atoms with Gasteiger partial charge in [0, 0.05) is 6.04 Å². The molecule has 0 aromatic carbocycles. The highest BCUT2D eigenvalue weighted by molar-refractivity contribution is 5.67. The van der Waals surface area contributed by atoms with E-state index in [9.17, 15) is 4.79 Å². The molecule has 0 saturated heterocycles. The molecule has 1 fully saturated rings. The van der Waals surface area contributed by atoms with Gasteiger partial charge in [-0.05, 0) is 33.6 Å². The van der Waals surface area contributed by atoms with Crippen LogP contribution in [0, 0.1) is 0 Å². The third-order valence-electron chi connectivity index (χ3n) is 2.63. The molecular formula is C12H24N2O2. The van der Waals surface area contributed by atoms with E-state index in [1.807, 2.05) is 20.8 Å². The summed E-state index contributed by atoms with van der Waals surface area (Å²) < 4.78 is 5.14. The van der Waals surface area contributed by atoms with E-state index in [2.05, 4.69) is 10.6 Å². The molecule has 0 heterocycles. The number of carbonyl (C=O) groups excluding carboxylic acids is 1. The molecule has 1 aliphatic carbocycles. The monoisotopic (exact) mass is 228 g/mol. The van der Waals surface area contributed by atoms with E-state index in [1.54, 1.807) is 0 Å². The molecular weight excluding hydrogens is 204 g/mol. The van der Waals surface area contributed by atoms with Crippen LogP contribution in [0.2, 0.25) is 0 Å². The Kier molecular flexibility index (Phi) is 5.06. The fourth-order valence-corrected chi connectivity index (χ4v) is 1.89. The van der Waals surface area contributed by atoms with E-state index in [-0.39, 0.29) is 6.09 Å². The van der Waals surface area contributed by atoms with Gasteiger partial charge in [0.15, 0.2) is 0 Å². The largest absolute Gasteiger partial charge is 0.444 e. The highest BCUT2D eigenvalue weighted by Gasteiger charge is 2.16. The summed E-state index contributed by atoms with van der Waals surface area (Å²) in [5, 5.41) is 6.04. The van der Waals surface area contributed by atoms with Crippen LogP contribution in [0.3, 0.4) is 0 Å². The van der Waals surface area contributed by atoms with Gasteiger partial charge in [-0.2, -0.15) is 0 Å². The lowest BCUT2D eigenvalue weighted by atomic mass is 9.96. The van der Waals surface area contributed by atoms with Crippen LogP contribution in [-0.2, 0) is 4.74 Å². The molecule has 1 rings (SSSR count). The zero-order valence-electron chi connectivity index (χ0n) is 10.6. The molecule has 1 aliphatic rings. The molecule has 4 nitrogen and oxygen atoms in total. The van der Waals surface area contributed by atoms with Crippen molar-refractivity contribution in [1.29, 1.82) is 0 Å². The molecule has 0 aliphatic heterocycles. The fourth-order valence-electron chi connectivity index (χ4n) is 1.89. The topological polar surface area (TPSA) is 50.4 Å². The molecule has 0 spiro atoms. The summed E-state index contributed by atoms with van der Waals surface area (Å²) >= 11 is 0. The van der Waals surface area contributed by atoms with Gasteiger partial charge in [-0.3, -0.25) is 5.32 Å². The quantitative estimate of drug-likeness (QED) is 0.729. The van der Waals surface area contributed by atoms with Gasteiger partial charge >= 0.3 is 6.09 Å². The fraction of sp³-hybridized carbons (Fsp3) is 0.917. The van der Waals surface area contributed by atoms with Crippen molar-refractivity contribution in [1.82, 2.24) is 10.6 Å². The number of carbonyl (C=O) groups is 1. The van der Waals surface area contributed by atoms with Gasteiger partial charge in [0.25, 0.3) is 0 Å². The number of hydrogen-bond acceptors (Lipinski definition) is 3. The van der Waals surface area contributed by atoms with E-state index in [4.69, 9.17) is 4.74 Å². The molecule has 0 radical (unpaired) electrons. The Morgan fingerprint density at radius 1 is 1.25 bits per heavy atom. The van der Waals surface area contributed by atoms with Crippen molar-refractivity contribution >= 4 is 6.09 Å². The second kappa shape index (κ2) is 6.09. The standard InChI is InChI=1S/C12H24N2O2/c1-12(2,3)16-11(15)14-9-13-10-7-5-4-6-8-10/h10,13H,4-9H2,1-3H3,(H,14,15). The third kappa shape index (κ3) is 5.95. The van der Waals surface area contributed by atoms with Crippen molar-refractivity contribution in [3.05, 3.63) is 0 Å². The lowest BCUT2D eigenvalue weighted by Crippen LogP contribution is -2.42. The Morgan fingerprint density at radius 3 is 2.44 bits per heavy atom. The summed E-state index contributed by atoms with van der Waals surface area (Å²) in [7, 11) is 0. The molecule has 1 saturated carbocycles. The number of alkyl carbamates (subject to hydrolysis) is 1. The van der Waals surface area contributed by atoms with Crippen LogP contribution in [0.1, 0.15) is 52.9 Å². The van der Waals surface area contributed by atoms with Crippen LogP contribution in [0.25, 0.3) is 0 Å². The normalized spacial score (nSPS) is 18.2. The van der Waals surface area contributed by atoms with Crippen molar-refractivity contribution in [3.63, 3.8) is 0 Å². The maximum Gasteiger partial charge on any atom is 0.408 e. The highest BCUT2D eigenvalue weighted by atomic mass is 16.6. The van der Waals surface area contributed by atoms with Crippen LogP contribution >= 0.6 is 0 Å². The minimum Gasteiger partial charge on any atom is -0.444 e. The van der Waals surface area contributed by atoms with Crippen LogP contribution < -0.4 is 10.6 Å². The summed E-state index contributed by atoms with van der Waals surface area (Å²) in [5.41, 5.74) is -0.422. The maximum absolute atomic E-state index is 11.3. The van der Waals surface area contributed by atoms with Crippen LogP contribution in [-0.4, -0.2) is 24.4 Å². The molecule has 0 unspecified atom stereocenters. The first-order valence-electron chi connectivity index (χ1n) is 6.17. The van der Waals surface area contributed by atoms with Gasteiger partial charge in [-0.25, -0.2) is 4.79 Å². The molecule has 2 N–H and O–H groups in total. The number of hydrogen-bond donors (Lipinski definition) is 2. The number of amides is 1. The van der Waals surface area contributed by atoms with Gasteiger partial charge in [0.2, 0.25) is 0 Å². The molecule has 0 bridgehead atoms. The molecule has 4 heteroatoms. The molecule has 0 atom stereocenters. The van der Waals surface area contributed by atoms with Gasteiger partial charge in [0.05, 0.1) is 6.67 Å². The van der Waals surface area contributed by atoms with Gasteiger partial charge in [-0.1, -0.05) is 19.3 Å². The molecule has 16 heavy (non-hydrogen) atoms. The molecule has 0 aromatic rings. The summed E-state index contributed by atoms with van der Waals surface area (Å²) in [4.78, 5) is 11.3. The molecule has 94 valence electrons. The first-order chi connectivity index (χ1) is 7.47. The van der Waals surface area contributed by atoms with Crippen molar-refractivity contribution in [3.8, 4) is 0 Å². The zero-order chi connectivity index (χ0) is 12.0. The summed E-state index contributed by atoms with van der Waals surface area (Å²) in [6, 6.07) is 0.559. The van der Waals surface area contributed by atoms with Gasteiger partial charge in [0.1, 0.15) is 5.60 Å². The predicted molar refractivity (Wildman–Crippen MR) is 64.2 cm³/mol. The smallest absolute Gasteiger partial charge is 0.408 e. The predicted octanol–water partition coefficient (Wildman–Crippen LogP) is 2.39. The van der Waals surface area contributed by atoms with E-state index in [0.717, 1.165) is 0 Å². The number of ether oxygens (including phenoxy) is 1. The van der Waals surface area contributed by atoms with Gasteiger partial charge in [-0.15, -0.1) is 0 Å². The Hall–Kier alpha value is -0.770. The van der Waals surface area contributed by atoms with E-state index in [0.29, 0.717) is 12.7 Å². The average molecular weight is 228 g/mol. The van der Waals surface area contributed by atoms with E-state index < -0.39 is 5.60 Å². The van der Waals surface area contributed by atoms with Crippen LogP contribution in [0.5, 0.6) is 0 Å². The Balaban J connectivity index is 2.08. The number of rotatable bonds is 3. The van der Waals surface area contributed by atoms with E-state index in [1.165, 1.54) is 32.1 Å². The second-order valence-corrected chi connectivity index (χ2v) is 5.39. The molecule has 1 amide bonds. The minimum atomic E-state index is -0.422. The van der Waals surface area contributed by atoms with Crippen molar-refractivity contribution < 1.29 is 9.53 Å². The van der Waals surface area contributed by atoms with E-state index >= 15 is 0 Å². The second-order valence-electron chi connectivity index (χ2n) is 5.39. The third-order valence-corrected chi connectivity index (χ3v) is 2.63. The summed E-state index contributed by atoms with van der Waals surface area (Å²) in [5.74, 6) is 0. The minimum absolute atomic E-state index is 0.351. The lowest BCUT2D eigenvalue weighted by Gasteiger charge is -2.24. The van der Waals surface area contributed by atoms with Crippen LogP contribution in [0.4, 0.5) is 4.79 Å². The summed E-state index contributed by atoms with van der Waals surface area (Å²) in [6.45, 7) is 6.09. The van der Waals surface area contributed by atoms with Crippen LogP contribution in [0.15, 0.2) is 0 Å². The number of nitrogens with one attached hydrogen (secondary N) is 2. The Morgan fingerprint density at radius 2 is 1.88 bits per heavy atom. The SMILES string of the molecule is CC(C)(C)OC(=O)NCNC1CCCCC1. The maximum atomic E-state index is 11.3. The van der Waals surface area contributed by atoms with Crippen molar-refractivity contribution in [2.24, 2.45) is 0 Å². The lowest BCUT2D eigenvalue weighted by molar-refractivity contribution is 0.0521. The Bertz CT molecular complexity index is 218. The Labute approximate surface area is 98.1 Å². The zero-order valence-corrected chi connectivity index (χ0v) is 10.6.